The fourth-order valence-electron chi connectivity index (χ4n) is 2.24. The number of hydrogen-bond acceptors (Lipinski definition) is 1. The summed E-state index contributed by atoms with van der Waals surface area (Å²) < 4.78 is 8.83. The Morgan fingerprint density at radius 1 is 1.11 bits per heavy atom. The molecule has 19 heavy (non-hydrogen) atoms. The monoisotopic (exact) mass is 261 g/mol. The summed E-state index contributed by atoms with van der Waals surface area (Å²) in [6.07, 6.45) is 1.06. The molecule has 0 aliphatic heterocycles. The smallest absolute Gasteiger partial charge is 0.141 e. The maximum Gasteiger partial charge on any atom is 0.141 e. The van der Waals surface area contributed by atoms with Crippen LogP contribution in [-0.4, -0.2) is 5.78 Å². The highest BCUT2D eigenvalue weighted by Gasteiger charge is 2.32. The standard InChI is InChI=1S/C18H28O/c1-17(2,3)13-15(16(19)18(4,5)6)12-14-10-8-7-9-11-14/h7-11,15H,12-13H2,1-6H3/t15-/m1/s1/i15D. The molecule has 1 rings (SSSR count). The second kappa shape index (κ2) is 5.90. The lowest BCUT2D eigenvalue weighted by Crippen LogP contribution is -2.32. The van der Waals surface area contributed by atoms with Crippen LogP contribution in [0.2, 0.25) is 0 Å². The van der Waals surface area contributed by atoms with Crippen molar-refractivity contribution in [3.05, 3.63) is 35.9 Å². The number of rotatable bonds is 4. The zero-order valence-electron chi connectivity index (χ0n) is 14.2. The molecule has 1 atom stereocenters. The minimum absolute atomic E-state index is 0.0313. The zero-order valence-corrected chi connectivity index (χ0v) is 13.2. The molecule has 0 aliphatic carbocycles. The van der Waals surface area contributed by atoms with E-state index in [1.165, 1.54) is 0 Å². The van der Waals surface area contributed by atoms with Gasteiger partial charge in [0.1, 0.15) is 5.78 Å². The maximum absolute atomic E-state index is 12.8. The fourth-order valence-corrected chi connectivity index (χ4v) is 2.24. The summed E-state index contributed by atoms with van der Waals surface area (Å²) in [5.74, 6) is -1.03. The molecule has 0 unspecified atom stereocenters. The summed E-state index contributed by atoms with van der Waals surface area (Å²) in [4.78, 5) is 12.8. The third-order valence-corrected chi connectivity index (χ3v) is 3.01. The number of hydrogen-bond donors (Lipinski definition) is 0. The Morgan fingerprint density at radius 2 is 1.63 bits per heavy atom. The molecule has 106 valence electrons. The van der Waals surface area contributed by atoms with Gasteiger partial charge in [-0.15, -0.1) is 0 Å². The lowest BCUT2D eigenvalue weighted by Gasteiger charge is -2.30. The van der Waals surface area contributed by atoms with Gasteiger partial charge in [0.05, 0.1) is 0 Å². The number of ketones is 1. The second-order valence-electron chi connectivity index (χ2n) is 7.58. The summed E-state index contributed by atoms with van der Waals surface area (Å²) >= 11 is 0. The molecule has 0 bridgehead atoms. The maximum atomic E-state index is 12.8. The van der Waals surface area contributed by atoms with Crippen LogP contribution in [0.4, 0.5) is 0 Å². The van der Waals surface area contributed by atoms with E-state index in [1.54, 1.807) is 0 Å². The quantitative estimate of drug-likeness (QED) is 0.753. The first kappa shape index (κ1) is 14.3. The van der Waals surface area contributed by atoms with Crippen molar-refractivity contribution in [2.24, 2.45) is 16.7 Å². The van der Waals surface area contributed by atoms with E-state index in [2.05, 4.69) is 20.8 Å². The summed E-state index contributed by atoms with van der Waals surface area (Å²) in [6, 6.07) is 9.90. The second-order valence-corrected chi connectivity index (χ2v) is 7.58. The van der Waals surface area contributed by atoms with Gasteiger partial charge in [-0.05, 0) is 23.8 Å². The lowest BCUT2D eigenvalue weighted by atomic mass is 9.73. The van der Waals surface area contributed by atoms with Crippen molar-refractivity contribution in [2.75, 3.05) is 0 Å². The summed E-state index contributed by atoms with van der Waals surface area (Å²) in [6.45, 7) is 12.0. The molecule has 0 spiro atoms. The Kier molecular flexibility index (Phi) is 4.44. The van der Waals surface area contributed by atoms with Crippen LogP contribution >= 0.6 is 0 Å². The van der Waals surface area contributed by atoms with Gasteiger partial charge in [0, 0.05) is 12.7 Å². The van der Waals surface area contributed by atoms with Crippen LogP contribution < -0.4 is 0 Å². The minimum Gasteiger partial charge on any atom is -0.299 e. The van der Waals surface area contributed by atoms with Crippen molar-refractivity contribution in [1.82, 2.24) is 0 Å². The number of Topliss-reactive ketones (excluding diaryl/α,β-unsaturated/α-hetero) is 1. The highest BCUT2D eigenvalue weighted by Crippen LogP contribution is 2.32. The predicted octanol–water partition coefficient (Wildman–Crippen LogP) is 4.90. The van der Waals surface area contributed by atoms with E-state index in [1.807, 2.05) is 51.1 Å². The molecule has 1 nitrogen and oxygen atoms in total. The van der Waals surface area contributed by atoms with E-state index < -0.39 is 11.3 Å². The van der Waals surface area contributed by atoms with E-state index in [9.17, 15) is 4.79 Å². The third-order valence-electron chi connectivity index (χ3n) is 3.01. The Hall–Kier alpha value is -1.11. The number of carbonyl (C=O) groups excluding carboxylic acids is 1. The Labute approximate surface area is 119 Å². The van der Waals surface area contributed by atoms with Crippen molar-refractivity contribution in [3.8, 4) is 0 Å². The molecule has 0 aliphatic rings. The molecule has 0 saturated heterocycles. The van der Waals surface area contributed by atoms with Crippen LogP contribution in [0.15, 0.2) is 30.3 Å². The minimum atomic E-state index is -1.06. The predicted molar refractivity (Wildman–Crippen MR) is 82.2 cm³/mol. The van der Waals surface area contributed by atoms with E-state index >= 15 is 0 Å². The van der Waals surface area contributed by atoms with E-state index in [0.717, 1.165) is 5.56 Å². The fraction of sp³-hybridized carbons (Fsp3) is 0.611. The lowest BCUT2D eigenvalue weighted by molar-refractivity contribution is -0.131. The average molecular weight is 261 g/mol. The molecule has 0 aromatic heterocycles. The molecule has 0 saturated carbocycles. The largest absolute Gasteiger partial charge is 0.299 e. The Bertz CT molecular complexity index is 451. The Balaban J connectivity index is 3.11. The van der Waals surface area contributed by atoms with Gasteiger partial charge in [0.2, 0.25) is 0 Å². The van der Waals surface area contributed by atoms with Crippen LogP contribution in [0.5, 0.6) is 0 Å². The van der Waals surface area contributed by atoms with Crippen molar-refractivity contribution in [1.29, 1.82) is 0 Å². The molecule has 0 amide bonds. The SMILES string of the molecule is [2H][C@@](Cc1ccccc1)(CC(C)(C)C)C(=O)C(C)(C)C. The van der Waals surface area contributed by atoms with E-state index in [0.29, 0.717) is 12.8 Å². The average Bonchev–Trinajstić information content (AvgIpc) is 2.25. The molecule has 1 heteroatoms. The van der Waals surface area contributed by atoms with Gasteiger partial charge in [0.25, 0.3) is 0 Å². The topological polar surface area (TPSA) is 17.1 Å². The van der Waals surface area contributed by atoms with Crippen molar-refractivity contribution < 1.29 is 6.17 Å². The van der Waals surface area contributed by atoms with Crippen LogP contribution in [0.25, 0.3) is 0 Å². The van der Waals surface area contributed by atoms with Crippen LogP contribution in [0, 0.1) is 16.7 Å². The normalized spacial score (nSPS) is 16.6. The highest BCUT2D eigenvalue weighted by atomic mass is 16.1. The first-order chi connectivity index (χ1) is 8.94. The van der Waals surface area contributed by atoms with Crippen molar-refractivity contribution in [3.63, 3.8) is 0 Å². The van der Waals surface area contributed by atoms with Gasteiger partial charge < -0.3 is 0 Å². The molecular formula is C18H28O. The molecule has 0 fully saturated rings. The van der Waals surface area contributed by atoms with Crippen LogP contribution in [-0.2, 0) is 11.2 Å². The number of benzene rings is 1. The Morgan fingerprint density at radius 3 is 2.05 bits per heavy atom. The number of carbonyl (C=O) groups is 1. The molecule has 0 N–H and O–H groups in total. The van der Waals surface area contributed by atoms with Gasteiger partial charge in [-0.2, -0.15) is 0 Å². The highest BCUT2D eigenvalue weighted by molar-refractivity contribution is 5.86. The summed E-state index contributed by atoms with van der Waals surface area (Å²) in [5, 5.41) is 0. The molecule has 1 aromatic carbocycles. The van der Waals surface area contributed by atoms with Gasteiger partial charge in [0.15, 0.2) is 0 Å². The van der Waals surface area contributed by atoms with Crippen molar-refractivity contribution >= 4 is 5.78 Å². The van der Waals surface area contributed by atoms with E-state index in [4.69, 9.17) is 1.37 Å². The first-order valence-electron chi connectivity index (χ1n) is 7.53. The van der Waals surface area contributed by atoms with Gasteiger partial charge in [-0.3, -0.25) is 4.79 Å². The first-order valence-corrected chi connectivity index (χ1v) is 7.03. The van der Waals surface area contributed by atoms with Gasteiger partial charge in [-0.25, -0.2) is 0 Å². The summed E-state index contributed by atoms with van der Waals surface area (Å²) in [5.41, 5.74) is 0.531. The third kappa shape index (κ3) is 5.59. The van der Waals surface area contributed by atoms with Crippen LogP contribution in [0.1, 0.15) is 54.9 Å². The van der Waals surface area contributed by atoms with Crippen LogP contribution in [0.3, 0.4) is 0 Å². The zero-order chi connectivity index (χ0) is 15.6. The van der Waals surface area contributed by atoms with Gasteiger partial charge >= 0.3 is 0 Å². The van der Waals surface area contributed by atoms with Gasteiger partial charge in [-0.1, -0.05) is 71.9 Å². The molecule has 0 heterocycles. The van der Waals surface area contributed by atoms with Crippen molar-refractivity contribution in [2.45, 2.75) is 54.4 Å². The molecule has 1 aromatic rings. The molecule has 0 radical (unpaired) electrons. The molecular weight excluding hydrogens is 232 g/mol. The summed E-state index contributed by atoms with van der Waals surface area (Å²) in [7, 11) is 0. The van der Waals surface area contributed by atoms with E-state index in [-0.39, 0.29) is 11.2 Å².